The predicted molar refractivity (Wildman–Crippen MR) is 80.5 cm³/mol. The predicted octanol–water partition coefficient (Wildman–Crippen LogP) is 4.01. The zero-order chi connectivity index (χ0) is 14.1. The molecule has 0 radical (unpaired) electrons. The van der Waals surface area contributed by atoms with E-state index in [4.69, 9.17) is 24.9 Å². The fraction of sp³-hybridized carbons (Fsp3) is 0.571. The quantitative estimate of drug-likeness (QED) is 0.509. The molecule has 108 valence electrons. The van der Waals surface area contributed by atoms with Gasteiger partial charge in [0.05, 0.1) is 5.38 Å². The first-order valence-electron chi connectivity index (χ1n) is 6.78. The van der Waals surface area contributed by atoms with Crippen LogP contribution in [0.3, 0.4) is 0 Å². The van der Waals surface area contributed by atoms with E-state index in [0.717, 1.165) is 5.56 Å². The summed E-state index contributed by atoms with van der Waals surface area (Å²) in [5.41, 5.74) is 1.07. The fourth-order valence-corrected chi connectivity index (χ4v) is 5.27. The maximum absolute atomic E-state index is 6.49. The Balaban J connectivity index is 2.80. The van der Waals surface area contributed by atoms with Crippen molar-refractivity contribution in [3.8, 4) is 0 Å². The molecule has 1 aromatic carbocycles. The van der Waals surface area contributed by atoms with Gasteiger partial charge in [0.1, 0.15) is 0 Å². The lowest BCUT2D eigenvalue weighted by Crippen LogP contribution is -2.46. The Kier molecular flexibility index (Phi) is 7.64. The fourth-order valence-electron chi connectivity index (χ4n) is 1.96. The summed E-state index contributed by atoms with van der Waals surface area (Å²) in [6.45, 7) is 7.57. The van der Waals surface area contributed by atoms with Crippen LogP contribution in [0.15, 0.2) is 30.3 Å². The van der Waals surface area contributed by atoms with Gasteiger partial charge in [0, 0.05) is 25.9 Å². The molecule has 1 atom stereocenters. The van der Waals surface area contributed by atoms with Crippen LogP contribution < -0.4 is 0 Å². The molecule has 0 heterocycles. The highest BCUT2D eigenvalue weighted by atomic mass is 35.5. The Morgan fingerprint density at radius 2 is 1.42 bits per heavy atom. The van der Waals surface area contributed by atoms with Crippen molar-refractivity contribution >= 4 is 20.4 Å². The van der Waals surface area contributed by atoms with E-state index in [1.165, 1.54) is 0 Å². The van der Waals surface area contributed by atoms with Gasteiger partial charge in [-0.25, -0.2) is 0 Å². The van der Waals surface area contributed by atoms with Gasteiger partial charge in [-0.05, 0) is 26.3 Å². The van der Waals surface area contributed by atoms with Gasteiger partial charge in [-0.15, -0.1) is 11.6 Å². The summed E-state index contributed by atoms with van der Waals surface area (Å²) in [7, 11) is -2.67. The highest BCUT2D eigenvalue weighted by Crippen LogP contribution is 2.32. The van der Waals surface area contributed by atoms with Crippen LogP contribution in [0.1, 0.15) is 31.7 Å². The molecule has 0 N–H and O–H groups in total. The number of halogens is 1. The first-order chi connectivity index (χ1) is 9.17. The van der Waals surface area contributed by atoms with Crippen LogP contribution in [-0.4, -0.2) is 28.6 Å². The Hall–Kier alpha value is -0.393. The van der Waals surface area contributed by atoms with Gasteiger partial charge in [-0.1, -0.05) is 30.3 Å². The Morgan fingerprint density at radius 1 is 0.947 bits per heavy atom. The molecule has 5 heteroatoms. The van der Waals surface area contributed by atoms with Gasteiger partial charge in [-0.3, -0.25) is 0 Å². The first kappa shape index (κ1) is 16.7. The third kappa shape index (κ3) is 5.24. The summed E-state index contributed by atoms with van der Waals surface area (Å²) in [4.78, 5) is 0. The summed E-state index contributed by atoms with van der Waals surface area (Å²) in [5.74, 6) is 0. The molecule has 1 unspecified atom stereocenters. The molecule has 3 nitrogen and oxygen atoms in total. The van der Waals surface area contributed by atoms with Crippen molar-refractivity contribution in [2.75, 3.05) is 19.8 Å². The van der Waals surface area contributed by atoms with E-state index >= 15 is 0 Å². The van der Waals surface area contributed by atoms with Gasteiger partial charge in [-0.2, -0.15) is 0 Å². The normalized spacial score (nSPS) is 13.5. The molecule has 0 saturated carbocycles. The molecule has 0 aliphatic heterocycles. The van der Waals surface area contributed by atoms with Crippen LogP contribution >= 0.6 is 11.6 Å². The lowest BCUT2D eigenvalue weighted by molar-refractivity contribution is 0.0711. The maximum Gasteiger partial charge on any atom is 0.502 e. The lowest BCUT2D eigenvalue weighted by Gasteiger charge is -2.30. The molecular weight excluding hydrogens is 280 g/mol. The molecule has 0 bridgehead atoms. The van der Waals surface area contributed by atoms with Crippen LogP contribution in [0, 0.1) is 0 Å². The monoisotopic (exact) mass is 302 g/mol. The smallest absolute Gasteiger partial charge is 0.374 e. The summed E-state index contributed by atoms with van der Waals surface area (Å²) >= 11 is 6.49. The number of alkyl halides is 1. The summed E-state index contributed by atoms with van der Waals surface area (Å²) in [6.07, 6.45) is 0. The summed E-state index contributed by atoms with van der Waals surface area (Å²) in [5, 5.41) is -0.155. The molecule has 0 aromatic heterocycles. The van der Waals surface area contributed by atoms with Gasteiger partial charge in [0.2, 0.25) is 0 Å². The van der Waals surface area contributed by atoms with Crippen LogP contribution in [0.5, 0.6) is 0 Å². The molecule has 19 heavy (non-hydrogen) atoms. The third-order valence-electron chi connectivity index (χ3n) is 2.68. The van der Waals surface area contributed by atoms with E-state index in [1.54, 1.807) is 0 Å². The van der Waals surface area contributed by atoms with Gasteiger partial charge < -0.3 is 13.3 Å². The SMILES string of the molecule is CCO[Si](CC(Cl)c1ccccc1)(OCC)OCC. The highest BCUT2D eigenvalue weighted by molar-refractivity contribution is 6.61. The van der Waals surface area contributed by atoms with Crippen molar-refractivity contribution in [1.29, 1.82) is 0 Å². The van der Waals surface area contributed by atoms with E-state index in [0.29, 0.717) is 25.9 Å². The average molecular weight is 303 g/mol. The highest BCUT2D eigenvalue weighted by Gasteiger charge is 2.42. The summed E-state index contributed by atoms with van der Waals surface area (Å²) < 4.78 is 17.4. The van der Waals surface area contributed by atoms with Crippen LogP contribution in [0.25, 0.3) is 0 Å². The summed E-state index contributed by atoms with van der Waals surface area (Å²) in [6, 6.07) is 10.6. The third-order valence-corrected chi connectivity index (χ3v) is 6.44. The number of benzene rings is 1. The van der Waals surface area contributed by atoms with Crippen molar-refractivity contribution < 1.29 is 13.3 Å². The minimum Gasteiger partial charge on any atom is -0.374 e. The van der Waals surface area contributed by atoms with Crippen molar-refractivity contribution in [1.82, 2.24) is 0 Å². The number of rotatable bonds is 9. The molecule has 0 fully saturated rings. The molecule has 0 aliphatic carbocycles. The van der Waals surface area contributed by atoms with Gasteiger partial charge in [0.15, 0.2) is 0 Å². The molecule has 1 aromatic rings. The van der Waals surface area contributed by atoms with Crippen molar-refractivity contribution in [2.24, 2.45) is 0 Å². The minimum absolute atomic E-state index is 0.155. The average Bonchev–Trinajstić information content (AvgIpc) is 2.40. The number of hydrogen-bond acceptors (Lipinski definition) is 3. The van der Waals surface area contributed by atoms with E-state index in [1.807, 2.05) is 51.1 Å². The van der Waals surface area contributed by atoms with E-state index in [9.17, 15) is 0 Å². The zero-order valence-electron chi connectivity index (χ0n) is 11.9. The molecule has 1 rings (SSSR count). The van der Waals surface area contributed by atoms with Gasteiger partial charge >= 0.3 is 8.80 Å². The number of hydrogen-bond donors (Lipinski definition) is 0. The van der Waals surface area contributed by atoms with Crippen LogP contribution in [0.4, 0.5) is 0 Å². The second-order valence-electron chi connectivity index (χ2n) is 4.06. The van der Waals surface area contributed by atoms with Crippen molar-refractivity contribution in [3.05, 3.63) is 35.9 Å². The second kappa shape index (κ2) is 8.71. The van der Waals surface area contributed by atoms with Crippen molar-refractivity contribution in [2.45, 2.75) is 32.2 Å². The largest absolute Gasteiger partial charge is 0.502 e. The van der Waals surface area contributed by atoms with Gasteiger partial charge in [0.25, 0.3) is 0 Å². The zero-order valence-corrected chi connectivity index (χ0v) is 13.7. The van der Waals surface area contributed by atoms with E-state index in [-0.39, 0.29) is 5.38 Å². The van der Waals surface area contributed by atoms with Crippen LogP contribution in [-0.2, 0) is 13.3 Å². The first-order valence-corrected chi connectivity index (χ1v) is 9.15. The Bertz CT molecular complexity index is 331. The molecule has 0 saturated heterocycles. The van der Waals surface area contributed by atoms with Crippen LogP contribution in [0.2, 0.25) is 6.04 Å². The molecule has 0 aliphatic rings. The van der Waals surface area contributed by atoms with E-state index < -0.39 is 8.80 Å². The minimum atomic E-state index is -2.67. The Morgan fingerprint density at radius 3 is 1.84 bits per heavy atom. The van der Waals surface area contributed by atoms with E-state index in [2.05, 4.69) is 0 Å². The lowest BCUT2D eigenvalue weighted by atomic mass is 10.2. The Labute approximate surface area is 122 Å². The topological polar surface area (TPSA) is 27.7 Å². The molecular formula is C14H23ClO3Si. The van der Waals surface area contributed by atoms with Crippen molar-refractivity contribution in [3.63, 3.8) is 0 Å². The molecule has 0 amide bonds. The standard InChI is InChI=1S/C14H23ClO3Si/c1-4-16-19(17-5-2,18-6-3)12-14(15)13-10-8-7-9-11-13/h7-11,14H,4-6,12H2,1-3H3. The molecule has 0 spiro atoms. The second-order valence-corrected chi connectivity index (χ2v) is 7.23. The maximum atomic E-state index is 6.49.